The molecule has 2 heterocycles. The number of nitriles is 1. The third-order valence-corrected chi connectivity index (χ3v) is 4.71. The van der Waals surface area contributed by atoms with Crippen LogP contribution in [-0.4, -0.2) is 15.3 Å². The molecule has 2 aromatic heterocycles. The van der Waals surface area contributed by atoms with Crippen molar-refractivity contribution in [1.82, 2.24) is 9.38 Å². The fraction of sp³-hybridized carbons (Fsp3) is 0. The van der Waals surface area contributed by atoms with Gasteiger partial charge in [0, 0.05) is 11.8 Å². The molecule has 0 unspecified atom stereocenters. The molecular formula is C23H15ClN4O. The van der Waals surface area contributed by atoms with Crippen LogP contribution < -0.4 is 5.32 Å². The summed E-state index contributed by atoms with van der Waals surface area (Å²) < 4.78 is 1.85. The highest BCUT2D eigenvalue weighted by Crippen LogP contribution is 2.27. The second-order valence-electron chi connectivity index (χ2n) is 6.24. The number of carbonyl (C=O) groups excluding carboxylic acids is 1. The summed E-state index contributed by atoms with van der Waals surface area (Å²) in [6.07, 6.45) is 3.40. The average molecular weight is 399 g/mol. The normalized spacial score (nSPS) is 11.2. The smallest absolute Gasteiger partial charge is 0.266 e. The summed E-state index contributed by atoms with van der Waals surface area (Å²) in [5.74, 6) is -0.537. The molecule has 6 heteroatoms. The Morgan fingerprint density at radius 3 is 2.52 bits per heavy atom. The Hall–Kier alpha value is -3.88. The fourth-order valence-corrected chi connectivity index (χ4v) is 3.18. The zero-order valence-corrected chi connectivity index (χ0v) is 16.0. The van der Waals surface area contributed by atoms with Crippen LogP contribution in [0.1, 0.15) is 5.69 Å². The second kappa shape index (κ2) is 8.01. The number of nitrogens with zero attached hydrogens (tertiary/aromatic N) is 3. The zero-order chi connectivity index (χ0) is 20.2. The Bertz CT molecular complexity index is 1270. The van der Waals surface area contributed by atoms with E-state index in [0.717, 1.165) is 11.2 Å². The SMILES string of the molecule is N#CC(=Cc1c(-c2ccccc2)nc2ccccn12)C(=O)Nc1ccccc1Cl. The molecule has 5 nitrogen and oxygen atoms in total. The lowest BCUT2D eigenvalue weighted by Gasteiger charge is -2.06. The van der Waals surface area contributed by atoms with E-state index in [-0.39, 0.29) is 5.57 Å². The molecule has 0 radical (unpaired) electrons. The predicted octanol–water partition coefficient (Wildman–Crippen LogP) is 5.20. The summed E-state index contributed by atoms with van der Waals surface area (Å²) >= 11 is 6.11. The molecule has 1 N–H and O–H groups in total. The molecule has 4 rings (SSSR count). The molecule has 0 bridgehead atoms. The number of anilines is 1. The number of rotatable bonds is 4. The molecule has 0 atom stereocenters. The Balaban J connectivity index is 1.80. The van der Waals surface area contributed by atoms with Crippen LogP contribution in [0.2, 0.25) is 5.02 Å². The van der Waals surface area contributed by atoms with Crippen LogP contribution in [0, 0.1) is 11.3 Å². The maximum absolute atomic E-state index is 12.7. The van der Waals surface area contributed by atoms with E-state index < -0.39 is 5.91 Å². The number of benzene rings is 2. The van der Waals surface area contributed by atoms with Gasteiger partial charge >= 0.3 is 0 Å². The summed E-state index contributed by atoms with van der Waals surface area (Å²) in [7, 11) is 0. The van der Waals surface area contributed by atoms with Gasteiger partial charge in [-0.1, -0.05) is 60.1 Å². The van der Waals surface area contributed by atoms with Crippen molar-refractivity contribution in [2.24, 2.45) is 0 Å². The average Bonchev–Trinajstić information content (AvgIpc) is 3.12. The summed E-state index contributed by atoms with van der Waals surface area (Å²) in [5, 5.41) is 12.7. The van der Waals surface area contributed by atoms with Crippen molar-refractivity contribution in [3.05, 3.63) is 95.3 Å². The predicted molar refractivity (Wildman–Crippen MR) is 114 cm³/mol. The van der Waals surface area contributed by atoms with E-state index in [0.29, 0.717) is 22.1 Å². The molecule has 0 saturated heterocycles. The van der Waals surface area contributed by atoms with Gasteiger partial charge in [-0.25, -0.2) is 4.98 Å². The summed E-state index contributed by atoms with van der Waals surface area (Å²) in [4.78, 5) is 17.4. The number of fused-ring (bicyclic) bond motifs is 1. The van der Waals surface area contributed by atoms with Gasteiger partial charge in [0.1, 0.15) is 17.3 Å². The number of amides is 1. The highest BCUT2D eigenvalue weighted by molar-refractivity contribution is 6.34. The van der Waals surface area contributed by atoms with E-state index in [4.69, 9.17) is 11.6 Å². The summed E-state index contributed by atoms with van der Waals surface area (Å²) in [5.41, 5.74) is 3.36. The first-order valence-corrected chi connectivity index (χ1v) is 9.25. The van der Waals surface area contributed by atoms with E-state index in [1.165, 1.54) is 0 Å². The molecule has 0 aliphatic carbocycles. The fourth-order valence-electron chi connectivity index (χ4n) is 3.00. The van der Waals surface area contributed by atoms with Crippen molar-refractivity contribution in [2.75, 3.05) is 5.32 Å². The molecule has 1 amide bonds. The summed E-state index contributed by atoms with van der Waals surface area (Å²) in [6.45, 7) is 0. The molecule has 29 heavy (non-hydrogen) atoms. The maximum atomic E-state index is 12.7. The first-order chi connectivity index (χ1) is 14.2. The number of hydrogen-bond acceptors (Lipinski definition) is 3. The van der Waals surface area contributed by atoms with Crippen molar-refractivity contribution in [3.63, 3.8) is 0 Å². The lowest BCUT2D eigenvalue weighted by Crippen LogP contribution is -2.14. The highest BCUT2D eigenvalue weighted by Gasteiger charge is 2.16. The van der Waals surface area contributed by atoms with Crippen LogP contribution in [0.3, 0.4) is 0 Å². The van der Waals surface area contributed by atoms with Gasteiger partial charge in [-0.05, 0) is 30.3 Å². The minimum absolute atomic E-state index is 0.0484. The van der Waals surface area contributed by atoms with Crippen LogP contribution >= 0.6 is 11.6 Å². The molecule has 2 aromatic carbocycles. The first kappa shape index (κ1) is 18.5. The van der Waals surface area contributed by atoms with Crippen molar-refractivity contribution in [2.45, 2.75) is 0 Å². The van der Waals surface area contributed by atoms with Crippen molar-refractivity contribution < 1.29 is 4.79 Å². The Labute approximate surface area is 172 Å². The monoisotopic (exact) mass is 398 g/mol. The van der Waals surface area contributed by atoms with Crippen LogP contribution in [0.15, 0.2) is 84.6 Å². The molecular weight excluding hydrogens is 384 g/mol. The maximum Gasteiger partial charge on any atom is 0.266 e. The van der Waals surface area contributed by atoms with Gasteiger partial charge in [0.15, 0.2) is 0 Å². The molecule has 0 fully saturated rings. The quantitative estimate of drug-likeness (QED) is 0.379. The van der Waals surface area contributed by atoms with Crippen LogP contribution in [-0.2, 0) is 4.79 Å². The van der Waals surface area contributed by atoms with Crippen molar-refractivity contribution in [1.29, 1.82) is 5.26 Å². The Morgan fingerprint density at radius 2 is 1.76 bits per heavy atom. The lowest BCUT2D eigenvalue weighted by molar-refractivity contribution is -0.112. The van der Waals surface area contributed by atoms with E-state index in [9.17, 15) is 10.1 Å². The number of nitrogens with one attached hydrogen (secondary N) is 1. The van der Waals surface area contributed by atoms with E-state index in [2.05, 4.69) is 10.3 Å². The van der Waals surface area contributed by atoms with Gasteiger partial charge < -0.3 is 5.32 Å². The molecule has 0 saturated carbocycles. The number of para-hydroxylation sites is 1. The topological polar surface area (TPSA) is 70.2 Å². The standard InChI is InChI=1S/C23H15ClN4O/c24-18-10-4-5-11-19(18)26-23(29)17(15-25)14-20-22(16-8-2-1-3-9-16)27-21-12-6-7-13-28(20)21/h1-14H,(H,26,29). The number of carbonyl (C=O) groups is 1. The van der Waals surface area contributed by atoms with Crippen molar-refractivity contribution in [3.8, 4) is 17.3 Å². The molecule has 0 aliphatic rings. The van der Waals surface area contributed by atoms with Crippen LogP contribution in [0.4, 0.5) is 5.69 Å². The van der Waals surface area contributed by atoms with Crippen molar-refractivity contribution >= 4 is 34.9 Å². The van der Waals surface area contributed by atoms with Gasteiger partial charge in [0.2, 0.25) is 0 Å². The third-order valence-electron chi connectivity index (χ3n) is 4.38. The van der Waals surface area contributed by atoms with E-state index in [1.807, 2.05) is 65.2 Å². The Kier molecular flexibility index (Phi) is 5.10. The number of pyridine rings is 1. The van der Waals surface area contributed by atoms with Gasteiger partial charge in [-0.2, -0.15) is 5.26 Å². The van der Waals surface area contributed by atoms with E-state index >= 15 is 0 Å². The number of halogens is 1. The number of imidazole rings is 1. The van der Waals surface area contributed by atoms with E-state index in [1.54, 1.807) is 30.3 Å². The number of aromatic nitrogens is 2. The molecule has 4 aromatic rings. The van der Waals surface area contributed by atoms with Gasteiger partial charge in [0.05, 0.1) is 22.1 Å². The molecule has 0 aliphatic heterocycles. The second-order valence-corrected chi connectivity index (χ2v) is 6.65. The summed E-state index contributed by atoms with van der Waals surface area (Å²) in [6, 6.07) is 24.1. The van der Waals surface area contributed by atoms with Crippen LogP contribution in [0.5, 0.6) is 0 Å². The molecule has 140 valence electrons. The van der Waals surface area contributed by atoms with Gasteiger partial charge in [-0.15, -0.1) is 0 Å². The van der Waals surface area contributed by atoms with Gasteiger partial charge in [0.25, 0.3) is 5.91 Å². The molecule has 0 spiro atoms. The highest BCUT2D eigenvalue weighted by atomic mass is 35.5. The largest absolute Gasteiger partial charge is 0.320 e. The Morgan fingerprint density at radius 1 is 1.03 bits per heavy atom. The van der Waals surface area contributed by atoms with Crippen LogP contribution in [0.25, 0.3) is 23.0 Å². The minimum Gasteiger partial charge on any atom is -0.320 e. The third kappa shape index (κ3) is 3.75. The lowest BCUT2D eigenvalue weighted by atomic mass is 10.1. The number of hydrogen-bond donors (Lipinski definition) is 1. The minimum atomic E-state index is -0.537. The zero-order valence-electron chi connectivity index (χ0n) is 15.2. The van der Waals surface area contributed by atoms with Gasteiger partial charge in [-0.3, -0.25) is 9.20 Å². The first-order valence-electron chi connectivity index (χ1n) is 8.87.